The Bertz CT molecular complexity index is 382. The lowest BCUT2D eigenvalue weighted by molar-refractivity contribution is 0.463. The van der Waals surface area contributed by atoms with E-state index in [1.54, 1.807) is 0 Å². The molecule has 2 unspecified atom stereocenters. The van der Waals surface area contributed by atoms with Crippen LogP contribution in [-0.2, 0) is 19.4 Å². The van der Waals surface area contributed by atoms with Crippen LogP contribution in [0.2, 0.25) is 0 Å². The van der Waals surface area contributed by atoms with E-state index in [-0.39, 0.29) is 0 Å². The summed E-state index contributed by atoms with van der Waals surface area (Å²) in [7, 11) is 0. The number of nitrogens with two attached hydrogens (primary N) is 1. The van der Waals surface area contributed by atoms with Gasteiger partial charge in [0.15, 0.2) is 0 Å². The van der Waals surface area contributed by atoms with Crippen LogP contribution in [0.25, 0.3) is 0 Å². The molecule has 1 aromatic rings. The first-order valence-electron chi connectivity index (χ1n) is 6.73. The third kappa shape index (κ3) is 2.68. The summed E-state index contributed by atoms with van der Waals surface area (Å²) in [5.41, 5.74) is 7.27. The second-order valence-corrected chi connectivity index (χ2v) is 6.70. The molecule has 3 nitrogen and oxygen atoms in total. The molecule has 4 heteroatoms. The Hall–Kier alpha value is -0.480. The fourth-order valence-corrected chi connectivity index (χ4v) is 4.14. The number of rotatable bonds is 2. The normalized spacial score (nSPS) is 29.0. The molecule has 1 fully saturated rings. The molecular formula is C13H21N3S. The number of thioether (sulfide) groups is 1. The van der Waals surface area contributed by atoms with Gasteiger partial charge in [0.05, 0.1) is 5.69 Å². The molecule has 0 saturated carbocycles. The van der Waals surface area contributed by atoms with Gasteiger partial charge in [-0.2, -0.15) is 11.8 Å². The van der Waals surface area contributed by atoms with Crippen molar-refractivity contribution in [2.45, 2.75) is 56.4 Å². The van der Waals surface area contributed by atoms with Crippen LogP contribution in [0.4, 0.5) is 0 Å². The fourth-order valence-electron chi connectivity index (χ4n) is 2.81. The molecule has 0 aliphatic carbocycles. The van der Waals surface area contributed by atoms with E-state index in [1.807, 2.05) is 0 Å². The third-order valence-electron chi connectivity index (χ3n) is 3.81. The zero-order valence-corrected chi connectivity index (χ0v) is 11.1. The molecule has 1 saturated heterocycles. The molecule has 2 atom stereocenters. The average Bonchev–Trinajstić information content (AvgIpc) is 2.71. The molecular weight excluding hydrogens is 230 g/mol. The fraction of sp³-hybridized carbons (Fsp3) is 0.769. The van der Waals surface area contributed by atoms with Gasteiger partial charge in [0.2, 0.25) is 0 Å². The molecule has 0 radical (unpaired) electrons. The summed E-state index contributed by atoms with van der Waals surface area (Å²) in [4.78, 5) is 4.76. The predicted molar refractivity (Wildman–Crippen MR) is 72.3 cm³/mol. The molecule has 0 bridgehead atoms. The minimum absolute atomic E-state index is 0.321. The highest BCUT2D eigenvalue weighted by atomic mass is 32.2. The van der Waals surface area contributed by atoms with E-state index in [9.17, 15) is 0 Å². The zero-order valence-electron chi connectivity index (χ0n) is 10.3. The minimum atomic E-state index is 0.321. The third-order valence-corrected chi connectivity index (χ3v) is 5.20. The molecule has 17 heavy (non-hydrogen) atoms. The van der Waals surface area contributed by atoms with Crippen LogP contribution < -0.4 is 5.73 Å². The highest BCUT2D eigenvalue weighted by Gasteiger charge is 2.20. The van der Waals surface area contributed by atoms with Crippen molar-refractivity contribution in [2.24, 2.45) is 5.73 Å². The van der Waals surface area contributed by atoms with E-state index in [0.717, 1.165) is 31.1 Å². The number of nitrogens with zero attached hydrogens (tertiary/aromatic N) is 2. The van der Waals surface area contributed by atoms with Gasteiger partial charge < -0.3 is 10.3 Å². The number of hydrogen-bond donors (Lipinski definition) is 1. The van der Waals surface area contributed by atoms with Crippen LogP contribution in [0, 0.1) is 0 Å². The van der Waals surface area contributed by atoms with E-state index < -0.39 is 0 Å². The van der Waals surface area contributed by atoms with E-state index >= 15 is 0 Å². The number of aryl methyl sites for hydroxylation is 1. The number of aromatic nitrogens is 2. The molecule has 2 aliphatic rings. The molecule has 0 spiro atoms. The molecule has 2 N–H and O–H groups in total. The monoisotopic (exact) mass is 251 g/mol. The Morgan fingerprint density at radius 1 is 1.41 bits per heavy atom. The topological polar surface area (TPSA) is 43.8 Å². The lowest BCUT2D eigenvalue weighted by Crippen LogP contribution is -2.30. The van der Waals surface area contributed by atoms with Crippen LogP contribution >= 0.6 is 11.8 Å². The van der Waals surface area contributed by atoms with Crippen molar-refractivity contribution in [2.75, 3.05) is 5.75 Å². The van der Waals surface area contributed by atoms with Crippen LogP contribution in [0.15, 0.2) is 6.20 Å². The lowest BCUT2D eigenvalue weighted by Gasteiger charge is -2.19. The summed E-state index contributed by atoms with van der Waals surface area (Å²) >= 11 is 2.13. The van der Waals surface area contributed by atoms with E-state index in [2.05, 4.69) is 22.5 Å². The Balaban J connectivity index is 1.67. The van der Waals surface area contributed by atoms with Crippen LogP contribution in [0.3, 0.4) is 0 Å². The molecule has 0 amide bonds. The van der Waals surface area contributed by atoms with E-state index in [1.165, 1.54) is 36.5 Å². The van der Waals surface area contributed by atoms with Crippen LogP contribution in [0.1, 0.15) is 37.2 Å². The Morgan fingerprint density at radius 2 is 2.35 bits per heavy atom. The SMILES string of the molecule is NC1CCn2cc(CC3CCCCS3)nc2C1. The maximum Gasteiger partial charge on any atom is 0.110 e. The van der Waals surface area contributed by atoms with Crippen molar-refractivity contribution in [1.29, 1.82) is 0 Å². The van der Waals surface area contributed by atoms with E-state index in [0.29, 0.717) is 6.04 Å². The first-order valence-corrected chi connectivity index (χ1v) is 7.78. The van der Waals surface area contributed by atoms with Crippen LogP contribution in [-0.4, -0.2) is 26.6 Å². The van der Waals surface area contributed by atoms with Gasteiger partial charge in [-0.15, -0.1) is 0 Å². The number of fused-ring (bicyclic) bond motifs is 1. The van der Waals surface area contributed by atoms with Gasteiger partial charge in [0.25, 0.3) is 0 Å². The highest BCUT2D eigenvalue weighted by molar-refractivity contribution is 7.99. The first kappa shape index (κ1) is 11.6. The van der Waals surface area contributed by atoms with Gasteiger partial charge in [-0.3, -0.25) is 0 Å². The summed E-state index contributed by atoms with van der Waals surface area (Å²) in [5, 5.41) is 0.800. The van der Waals surface area contributed by atoms with Crippen molar-refractivity contribution >= 4 is 11.8 Å². The molecule has 3 heterocycles. The maximum absolute atomic E-state index is 5.99. The largest absolute Gasteiger partial charge is 0.335 e. The van der Waals surface area contributed by atoms with Gasteiger partial charge in [-0.25, -0.2) is 4.98 Å². The van der Waals surface area contributed by atoms with Gasteiger partial charge in [-0.05, 0) is 25.0 Å². The Kier molecular flexibility index (Phi) is 3.43. The molecule has 3 rings (SSSR count). The quantitative estimate of drug-likeness (QED) is 0.874. The molecule has 1 aromatic heterocycles. The molecule has 0 aromatic carbocycles. The average molecular weight is 251 g/mol. The molecule has 2 aliphatic heterocycles. The summed E-state index contributed by atoms with van der Waals surface area (Å²) < 4.78 is 2.31. The molecule has 94 valence electrons. The van der Waals surface area contributed by atoms with E-state index in [4.69, 9.17) is 10.7 Å². The Morgan fingerprint density at radius 3 is 3.18 bits per heavy atom. The highest BCUT2D eigenvalue weighted by Crippen LogP contribution is 2.28. The lowest BCUT2D eigenvalue weighted by atomic mass is 10.1. The van der Waals surface area contributed by atoms with Crippen LogP contribution in [0.5, 0.6) is 0 Å². The predicted octanol–water partition coefficient (Wildman–Crippen LogP) is 1.98. The van der Waals surface area contributed by atoms with Gasteiger partial charge in [-0.1, -0.05) is 6.42 Å². The maximum atomic E-state index is 5.99. The standard InChI is InChI=1S/C13H21N3S/c14-10-4-5-16-9-11(15-13(16)7-10)8-12-3-1-2-6-17-12/h9-10,12H,1-8,14H2. The summed E-state index contributed by atoms with van der Waals surface area (Å²) in [6.07, 6.45) is 9.63. The smallest absolute Gasteiger partial charge is 0.110 e. The van der Waals surface area contributed by atoms with Gasteiger partial charge in [0, 0.05) is 36.9 Å². The first-order chi connectivity index (χ1) is 8.31. The zero-order chi connectivity index (χ0) is 11.7. The van der Waals surface area contributed by atoms with Gasteiger partial charge >= 0.3 is 0 Å². The van der Waals surface area contributed by atoms with Crippen molar-refractivity contribution in [3.63, 3.8) is 0 Å². The number of hydrogen-bond acceptors (Lipinski definition) is 3. The summed E-state index contributed by atoms with van der Waals surface area (Å²) in [6.45, 7) is 1.06. The van der Waals surface area contributed by atoms with Crippen molar-refractivity contribution in [3.8, 4) is 0 Å². The summed E-state index contributed by atoms with van der Waals surface area (Å²) in [5.74, 6) is 2.54. The van der Waals surface area contributed by atoms with Crippen molar-refractivity contribution in [3.05, 3.63) is 17.7 Å². The Labute approximate surface area is 107 Å². The second kappa shape index (κ2) is 5.02. The summed E-state index contributed by atoms with van der Waals surface area (Å²) in [6, 6.07) is 0.321. The second-order valence-electron chi connectivity index (χ2n) is 5.29. The minimum Gasteiger partial charge on any atom is -0.335 e. The number of imidazole rings is 1. The van der Waals surface area contributed by atoms with Gasteiger partial charge in [0.1, 0.15) is 5.82 Å². The van der Waals surface area contributed by atoms with Crippen molar-refractivity contribution < 1.29 is 0 Å². The van der Waals surface area contributed by atoms with Crippen molar-refractivity contribution in [1.82, 2.24) is 9.55 Å².